The number of aryl methyl sites for hydroxylation is 2. The lowest BCUT2D eigenvalue weighted by atomic mass is 9.84. The van der Waals surface area contributed by atoms with Crippen LogP contribution in [0.25, 0.3) is 0 Å². The Labute approximate surface area is 153 Å². The average Bonchev–Trinajstić information content (AvgIpc) is 2.86. The summed E-state index contributed by atoms with van der Waals surface area (Å²) in [6.45, 7) is 9.94. The van der Waals surface area contributed by atoms with Crippen LogP contribution in [-0.4, -0.2) is 24.5 Å². The summed E-state index contributed by atoms with van der Waals surface area (Å²) in [5.74, 6) is 0.774. The van der Waals surface area contributed by atoms with Gasteiger partial charge in [0.05, 0.1) is 12.2 Å². The Morgan fingerprint density at radius 1 is 1.29 bits per heavy atom. The summed E-state index contributed by atoms with van der Waals surface area (Å²) in [7, 11) is 1.78. The number of aliphatic imine (C=N–C) groups is 1. The van der Waals surface area contributed by atoms with Crippen LogP contribution in [0, 0.1) is 13.8 Å². The van der Waals surface area contributed by atoms with Crippen molar-refractivity contribution in [3.8, 4) is 0 Å². The highest BCUT2D eigenvalue weighted by molar-refractivity contribution is 7.11. The first-order valence-electron chi connectivity index (χ1n) is 7.95. The number of hydrogen-bond donors (Lipinski definition) is 2. The smallest absolute Gasteiger partial charge is 0.191 e. The van der Waals surface area contributed by atoms with Crippen LogP contribution in [0.4, 0.5) is 0 Å². The van der Waals surface area contributed by atoms with Crippen LogP contribution in [0.3, 0.4) is 0 Å². The van der Waals surface area contributed by atoms with Gasteiger partial charge in [0.25, 0.3) is 0 Å². The monoisotopic (exact) mass is 364 g/mol. The maximum Gasteiger partial charge on any atom is 0.191 e. The number of nitrogens with zero attached hydrogens (tertiary/aromatic N) is 2. The van der Waals surface area contributed by atoms with E-state index in [1.54, 1.807) is 18.4 Å². The predicted molar refractivity (Wildman–Crippen MR) is 104 cm³/mol. The minimum absolute atomic E-state index is 0.0587. The highest BCUT2D eigenvalue weighted by Gasteiger charge is 2.21. The topological polar surface area (TPSA) is 49.3 Å². The molecule has 0 atom stereocenters. The summed E-state index contributed by atoms with van der Waals surface area (Å²) in [4.78, 5) is 10.1. The normalized spacial score (nSPS) is 12.3. The molecule has 0 unspecified atom stereocenters. The lowest BCUT2D eigenvalue weighted by molar-refractivity contribution is 0.508. The molecule has 0 amide bonds. The van der Waals surface area contributed by atoms with Crippen LogP contribution in [0.15, 0.2) is 29.3 Å². The number of hydrogen-bond acceptors (Lipinski definition) is 3. The van der Waals surface area contributed by atoms with E-state index in [1.807, 2.05) is 25.1 Å². The van der Waals surface area contributed by atoms with E-state index in [-0.39, 0.29) is 5.41 Å². The molecule has 0 aliphatic rings. The van der Waals surface area contributed by atoms with E-state index in [1.165, 1.54) is 10.4 Å². The molecule has 1 heterocycles. The molecular formula is C18H25ClN4S. The quantitative estimate of drug-likeness (QED) is 0.621. The number of nitrogens with one attached hydrogen (secondary N) is 2. The Hall–Kier alpha value is -1.59. The Morgan fingerprint density at radius 2 is 2.04 bits per heavy atom. The van der Waals surface area contributed by atoms with Crippen LogP contribution in [0.2, 0.25) is 5.02 Å². The number of aromatic nitrogens is 1. The Bertz CT molecular complexity index is 702. The second kappa shape index (κ2) is 7.99. The van der Waals surface area contributed by atoms with Gasteiger partial charge in [-0.2, -0.15) is 0 Å². The third-order valence-corrected chi connectivity index (χ3v) is 5.32. The summed E-state index contributed by atoms with van der Waals surface area (Å²) >= 11 is 7.83. The highest BCUT2D eigenvalue weighted by atomic mass is 35.5. The fourth-order valence-electron chi connectivity index (χ4n) is 2.31. The van der Waals surface area contributed by atoms with Crippen LogP contribution in [0.1, 0.15) is 35.0 Å². The van der Waals surface area contributed by atoms with Crippen molar-refractivity contribution >= 4 is 28.9 Å². The molecule has 0 aliphatic carbocycles. The summed E-state index contributed by atoms with van der Waals surface area (Å²) in [5, 5.41) is 8.55. The van der Waals surface area contributed by atoms with E-state index in [0.29, 0.717) is 6.54 Å². The van der Waals surface area contributed by atoms with Gasteiger partial charge in [0.1, 0.15) is 5.01 Å². The Kier molecular flexibility index (Phi) is 6.24. The lowest BCUT2D eigenvalue weighted by Gasteiger charge is -2.27. The molecule has 0 radical (unpaired) electrons. The Balaban J connectivity index is 1.93. The van der Waals surface area contributed by atoms with Crippen molar-refractivity contribution in [1.82, 2.24) is 15.6 Å². The van der Waals surface area contributed by atoms with Crippen molar-refractivity contribution in [2.24, 2.45) is 4.99 Å². The molecule has 1 aromatic heterocycles. The van der Waals surface area contributed by atoms with Crippen LogP contribution in [0.5, 0.6) is 0 Å². The van der Waals surface area contributed by atoms with Gasteiger partial charge in [-0.15, -0.1) is 11.3 Å². The van der Waals surface area contributed by atoms with Crippen molar-refractivity contribution in [2.45, 2.75) is 39.7 Å². The molecular weight excluding hydrogens is 340 g/mol. The fraction of sp³-hybridized carbons (Fsp3) is 0.444. The SMILES string of the molecule is CN=C(NCc1nc(C)c(C)s1)NCC(C)(C)c1cccc(Cl)c1. The van der Waals surface area contributed by atoms with Gasteiger partial charge in [-0.25, -0.2) is 4.98 Å². The zero-order valence-electron chi connectivity index (χ0n) is 14.9. The molecule has 1 aromatic carbocycles. The van der Waals surface area contributed by atoms with E-state index in [9.17, 15) is 0 Å². The van der Waals surface area contributed by atoms with Gasteiger partial charge in [-0.05, 0) is 31.5 Å². The van der Waals surface area contributed by atoms with Gasteiger partial charge in [0.2, 0.25) is 0 Å². The minimum Gasteiger partial charge on any atom is -0.356 e. The van der Waals surface area contributed by atoms with E-state index >= 15 is 0 Å². The maximum atomic E-state index is 6.11. The van der Waals surface area contributed by atoms with E-state index in [2.05, 4.69) is 47.4 Å². The summed E-state index contributed by atoms with van der Waals surface area (Å²) in [5.41, 5.74) is 2.24. The van der Waals surface area contributed by atoms with Gasteiger partial charge in [-0.3, -0.25) is 4.99 Å². The molecule has 2 rings (SSSR count). The molecule has 6 heteroatoms. The summed E-state index contributed by atoms with van der Waals surface area (Å²) in [6.07, 6.45) is 0. The maximum absolute atomic E-state index is 6.11. The molecule has 130 valence electrons. The fourth-order valence-corrected chi connectivity index (χ4v) is 3.37. The summed E-state index contributed by atoms with van der Waals surface area (Å²) in [6, 6.07) is 8.00. The molecule has 0 spiro atoms. The zero-order valence-corrected chi connectivity index (χ0v) is 16.5. The second-order valence-corrected chi connectivity index (χ2v) is 8.15. The number of rotatable bonds is 5. The molecule has 0 fully saturated rings. The van der Waals surface area contributed by atoms with Gasteiger partial charge in [0.15, 0.2) is 5.96 Å². The van der Waals surface area contributed by atoms with Gasteiger partial charge in [-0.1, -0.05) is 37.6 Å². The molecule has 2 aromatic rings. The molecule has 2 N–H and O–H groups in total. The zero-order chi connectivity index (χ0) is 17.7. The van der Waals surface area contributed by atoms with Gasteiger partial charge < -0.3 is 10.6 Å². The average molecular weight is 365 g/mol. The molecule has 24 heavy (non-hydrogen) atoms. The second-order valence-electron chi connectivity index (χ2n) is 6.42. The number of benzene rings is 1. The standard InChI is InChI=1S/C18H25ClN4S/c1-12-13(2)24-16(23-12)10-21-17(20-5)22-11-18(3,4)14-7-6-8-15(19)9-14/h6-9H,10-11H2,1-5H3,(H2,20,21,22). The first kappa shape index (κ1) is 18.7. The van der Waals surface area contributed by atoms with Crippen molar-refractivity contribution in [3.05, 3.63) is 50.4 Å². The molecule has 0 saturated carbocycles. The van der Waals surface area contributed by atoms with E-state index in [4.69, 9.17) is 11.6 Å². The van der Waals surface area contributed by atoms with Crippen molar-refractivity contribution in [3.63, 3.8) is 0 Å². The van der Waals surface area contributed by atoms with Crippen LogP contribution >= 0.6 is 22.9 Å². The highest BCUT2D eigenvalue weighted by Crippen LogP contribution is 2.24. The van der Waals surface area contributed by atoms with Gasteiger partial charge in [0, 0.05) is 28.9 Å². The first-order valence-corrected chi connectivity index (χ1v) is 9.15. The number of guanidine groups is 1. The van der Waals surface area contributed by atoms with Crippen molar-refractivity contribution < 1.29 is 0 Å². The number of halogens is 1. The lowest BCUT2D eigenvalue weighted by Crippen LogP contribution is -2.43. The van der Waals surface area contributed by atoms with Crippen molar-refractivity contribution in [1.29, 1.82) is 0 Å². The van der Waals surface area contributed by atoms with Crippen LogP contribution in [-0.2, 0) is 12.0 Å². The minimum atomic E-state index is -0.0587. The third-order valence-electron chi connectivity index (χ3n) is 4.01. The van der Waals surface area contributed by atoms with E-state index < -0.39 is 0 Å². The predicted octanol–water partition coefficient (Wildman–Crippen LogP) is 4.06. The first-order chi connectivity index (χ1) is 11.3. The number of thiazole rings is 1. The summed E-state index contributed by atoms with van der Waals surface area (Å²) < 4.78 is 0. The molecule has 0 bridgehead atoms. The van der Waals surface area contributed by atoms with E-state index in [0.717, 1.165) is 28.2 Å². The van der Waals surface area contributed by atoms with Gasteiger partial charge >= 0.3 is 0 Å². The Morgan fingerprint density at radius 3 is 2.62 bits per heavy atom. The van der Waals surface area contributed by atoms with Crippen molar-refractivity contribution in [2.75, 3.05) is 13.6 Å². The molecule has 0 saturated heterocycles. The molecule has 4 nitrogen and oxygen atoms in total. The third kappa shape index (κ3) is 4.95. The van der Waals surface area contributed by atoms with Crippen LogP contribution < -0.4 is 10.6 Å². The molecule has 0 aliphatic heterocycles. The largest absolute Gasteiger partial charge is 0.356 e.